The third kappa shape index (κ3) is 4.55. The van der Waals surface area contributed by atoms with E-state index in [-0.39, 0.29) is 11.4 Å². The van der Waals surface area contributed by atoms with Gasteiger partial charge in [-0.15, -0.1) is 0 Å². The highest BCUT2D eigenvalue weighted by Crippen LogP contribution is 2.32. The van der Waals surface area contributed by atoms with Crippen LogP contribution in [0.3, 0.4) is 0 Å². The van der Waals surface area contributed by atoms with E-state index in [1.54, 1.807) is 18.2 Å². The van der Waals surface area contributed by atoms with E-state index in [1.807, 2.05) is 31.2 Å². The highest BCUT2D eigenvalue weighted by molar-refractivity contribution is 8.18. The molecule has 1 aliphatic rings. The van der Waals surface area contributed by atoms with Crippen molar-refractivity contribution in [2.75, 3.05) is 19.0 Å². The summed E-state index contributed by atoms with van der Waals surface area (Å²) in [7, 11) is 1.49. The summed E-state index contributed by atoms with van der Waals surface area (Å²) in [6.45, 7) is 1.59. The van der Waals surface area contributed by atoms with Gasteiger partial charge in [0, 0.05) is 5.69 Å². The van der Waals surface area contributed by atoms with Gasteiger partial charge in [0.2, 0.25) is 5.91 Å². The maximum atomic E-state index is 12.5. The van der Waals surface area contributed by atoms with Crippen molar-refractivity contribution in [1.82, 2.24) is 4.90 Å². The molecule has 3 amide bonds. The van der Waals surface area contributed by atoms with E-state index >= 15 is 0 Å². The van der Waals surface area contributed by atoms with Crippen molar-refractivity contribution in [2.24, 2.45) is 0 Å². The summed E-state index contributed by atoms with van der Waals surface area (Å²) in [5.41, 5.74) is 2.35. The average molecular weight is 417 g/mol. The lowest BCUT2D eigenvalue weighted by Gasteiger charge is -2.13. The number of rotatable bonds is 5. The fourth-order valence-corrected chi connectivity index (χ4v) is 3.63. The molecule has 1 saturated heterocycles. The minimum Gasteiger partial charge on any atom is -0.495 e. The molecule has 1 aliphatic heterocycles. The van der Waals surface area contributed by atoms with E-state index in [9.17, 15) is 14.4 Å². The van der Waals surface area contributed by atoms with Crippen LogP contribution in [0.5, 0.6) is 5.75 Å². The summed E-state index contributed by atoms with van der Waals surface area (Å²) < 4.78 is 5.06. The lowest BCUT2D eigenvalue weighted by Crippen LogP contribution is -2.36. The van der Waals surface area contributed by atoms with Crippen molar-refractivity contribution in [1.29, 1.82) is 0 Å². The Morgan fingerprint density at radius 3 is 2.57 bits per heavy atom. The fraction of sp³-hybridized carbons (Fsp3) is 0.150. The molecular formula is C20H17ClN2O4S. The average Bonchev–Trinajstić information content (AvgIpc) is 2.91. The summed E-state index contributed by atoms with van der Waals surface area (Å²) in [6, 6.07) is 12.3. The predicted molar refractivity (Wildman–Crippen MR) is 110 cm³/mol. The van der Waals surface area contributed by atoms with Gasteiger partial charge in [-0.25, -0.2) is 0 Å². The molecule has 0 spiro atoms. The number of aryl methyl sites for hydroxylation is 1. The van der Waals surface area contributed by atoms with Crippen molar-refractivity contribution in [3.05, 3.63) is 63.5 Å². The number of ether oxygens (including phenoxy) is 1. The summed E-state index contributed by atoms with van der Waals surface area (Å²) in [5, 5.41) is 2.48. The minimum absolute atomic E-state index is 0.286. The quantitative estimate of drug-likeness (QED) is 0.734. The standard InChI is InChI=1S/C20H17ClN2O4S/c1-12-3-5-13(6-4-12)9-17-19(25)23(20(26)28-17)11-18(24)22-14-7-8-16(27-2)15(21)10-14/h3-10H,11H2,1-2H3,(H,22,24)/b17-9+. The maximum absolute atomic E-state index is 12.5. The van der Waals surface area contributed by atoms with Crippen molar-refractivity contribution in [3.8, 4) is 5.75 Å². The number of anilines is 1. The van der Waals surface area contributed by atoms with E-state index in [4.69, 9.17) is 16.3 Å². The number of hydrogen-bond donors (Lipinski definition) is 1. The molecule has 0 bridgehead atoms. The van der Waals surface area contributed by atoms with Crippen molar-refractivity contribution in [2.45, 2.75) is 6.92 Å². The van der Waals surface area contributed by atoms with Crippen LogP contribution in [0.25, 0.3) is 6.08 Å². The van der Waals surface area contributed by atoms with Crippen LogP contribution in [0, 0.1) is 6.92 Å². The van der Waals surface area contributed by atoms with Gasteiger partial charge in [0.05, 0.1) is 17.0 Å². The Kier molecular flexibility index (Phi) is 6.06. The van der Waals surface area contributed by atoms with Gasteiger partial charge in [0.25, 0.3) is 11.1 Å². The number of hydrogen-bond acceptors (Lipinski definition) is 5. The molecule has 0 unspecified atom stereocenters. The van der Waals surface area contributed by atoms with E-state index in [0.717, 1.165) is 27.8 Å². The highest BCUT2D eigenvalue weighted by Gasteiger charge is 2.36. The third-order valence-electron chi connectivity index (χ3n) is 3.99. The Labute approximate surface area is 171 Å². The lowest BCUT2D eigenvalue weighted by molar-refractivity contribution is -0.127. The third-order valence-corrected chi connectivity index (χ3v) is 5.19. The molecule has 2 aromatic rings. The van der Waals surface area contributed by atoms with Gasteiger partial charge in [0.15, 0.2) is 0 Å². The number of carbonyl (C=O) groups excluding carboxylic acids is 3. The zero-order chi connectivity index (χ0) is 20.3. The Bertz CT molecular complexity index is 973. The topological polar surface area (TPSA) is 75.7 Å². The molecule has 0 radical (unpaired) electrons. The van der Waals surface area contributed by atoms with Crippen molar-refractivity contribution in [3.63, 3.8) is 0 Å². The van der Waals surface area contributed by atoms with Crippen LogP contribution in [0.15, 0.2) is 47.4 Å². The number of thioether (sulfide) groups is 1. The first kappa shape index (κ1) is 20.0. The highest BCUT2D eigenvalue weighted by atomic mass is 35.5. The van der Waals surface area contributed by atoms with E-state index in [1.165, 1.54) is 13.2 Å². The number of nitrogens with zero attached hydrogens (tertiary/aromatic N) is 1. The van der Waals surface area contributed by atoms with Crippen LogP contribution in [-0.2, 0) is 9.59 Å². The SMILES string of the molecule is COc1ccc(NC(=O)CN2C(=O)S/C(=C/c3ccc(C)cc3)C2=O)cc1Cl. The number of nitrogens with one attached hydrogen (secondary N) is 1. The van der Waals surface area contributed by atoms with Gasteiger partial charge < -0.3 is 10.1 Å². The van der Waals surface area contributed by atoms with Crippen molar-refractivity contribution < 1.29 is 19.1 Å². The van der Waals surface area contributed by atoms with Crippen LogP contribution in [0.4, 0.5) is 10.5 Å². The first-order chi connectivity index (χ1) is 13.4. The van der Waals surface area contributed by atoms with Crippen molar-refractivity contribution >= 4 is 52.2 Å². The summed E-state index contributed by atoms with van der Waals surface area (Å²) in [6.07, 6.45) is 1.64. The lowest BCUT2D eigenvalue weighted by atomic mass is 10.1. The Balaban J connectivity index is 1.67. The largest absolute Gasteiger partial charge is 0.495 e. The van der Waals surface area contributed by atoms with E-state index in [0.29, 0.717) is 16.5 Å². The number of halogens is 1. The monoisotopic (exact) mass is 416 g/mol. The van der Waals surface area contributed by atoms with Crippen LogP contribution < -0.4 is 10.1 Å². The van der Waals surface area contributed by atoms with Crippen LogP contribution in [0.2, 0.25) is 5.02 Å². The van der Waals surface area contributed by atoms with Gasteiger partial charge in [-0.2, -0.15) is 0 Å². The van der Waals surface area contributed by atoms with Gasteiger partial charge in [-0.1, -0.05) is 41.4 Å². The zero-order valence-corrected chi connectivity index (χ0v) is 16.8. The zero-order valence-electron chi connectivity index (χ0n) is 15.2. The normalized spacial score (nSPS) is 15.2. The molecule has 1 N–H and O–H groups in total. The summed E-state index contributed by atoms with van der Waals surface area (Å²) in [5.74, 6) is -0.509. The molecule has 0 saturated carbocycles. The molecule has 6 nitrogen and oxygen atoms in total. The van der Waals surface area contributed by atoms with Gasteiger partial charge in [0.1, 0.15) is 12.3 Å². The molecule has 144 valence electrons. The van der Waals surface area contributed by atoms with Crippen LogP contribution in [-0.4, -0.2) is 35.6 Å². The first-order valence-corrected chi connectivity index (χ1v) is 9.52. The molecule has 0 atom stereocenters. The molecular weight excluding hydrogens is 400 g/mol. The second kappa shape index (κ2) is 8.50. The van der Waals surface area contributed by atoms with Gasteiger partial charge in [-0.3, -0.25) is 19.3 Å². The first-order valence-electron chi connectivity index (χ1n) is 8.33. The Hall–Kier alpha value is -2.77. The Morgan fingerprint density at radius 1 is 1.21 bits per heavy atom. The molecule has 28 heavy (non-hydrogen) atoms. The molecule has 1 heterocycles. The van der Waals surface area contributed by atoms with E-state index in [2.05, 4.69) is 5.32 Å². The van der Waals surface area contributed by atoms with Crippen LogP contribution in [0.1, 0.15) is 11.1 Å². The number of imide groups is 1. The molecule has 0 aliphatic carbocycles. The smallest absolute Gasteiger partial charge is 0.294 e. The number of benzene rings is 2. The Morgan fingerprint density at radius 2 is 1.93 bits per heavy atom. The molecule has 3 rings (SSSR count). The molecule has 1 fully saturated rings. The van der Waals surface area contributed by atoms with Gasteiger partial charge >= 0.3 is 0 Å². The number of amides is 3. The van der Waals surface area contributed by atoms with Gasteiger partial charge in [-0.05, 0) is 48.5 Å². The predicted octanol–water partition coefficient (Wildman–Crippen LogP) is 4.33. The molecule has 2 aromatic carbocycles. The summed E-state index contributed by atoms with van der Waals surface area (Å²) >= 11 is 6.85. The fourth-order valence-electron chi connectivity index (χ4n) is 2.54. The maximum Gasteiger partial charge on any atom is 0.294 e. The molecule has 8 heteroatoms. The minimum atomic E-state index is -0.500. The number of methoxy groups -OCH3 is 1. The second-order valence-electron chi connectivity index (χ2n) is 6.08. The van der Waals surface area contributed by atoms with Crippen LogP contribution >= 0.6 is 23.4 Å². The molecule has 0 aromatic heterocycles. The van der Waals surface area contributed by atoms with E-state index < -0.39 is 17.1 Å². The second-order valence-corrected chi connectivity index (χ2v) is 7.48. The number of carbonyl (C=O) groups is 3. The summed E-state index contributed by atoms with van der Waals surface area (Å²) in [4.78, 5) is 38.2.